The van der Waals surface area contributed by atoms with Crippen LogP contribution in [0.25, 0.3) is 28.1 Å². The summed E-state index contributed by atoms with van der Waals surface area (Å²) in [5.41, 5.74) is 3.43. The zero-order valence-corrected chi connectivity index (χ0v) is 22.7. The van der Waals surface area contributed by atoms with Crippen molar-refractivity contribution in [2.24, 2.45) is 0 Å². The Morgan fingerprint density at radius 2 is 1.61 bits per heavy atom. The van der Waals surface area contributed by atoms with Crippen molar-refractivity contribution in [2.75, 3.05) is 36.5 Å². The molecule has 0 aliphatic carbocycles. The van der Waals surface area contributed by atoms with Crippen molar-refractivity contribution in [3.8, 4) is 17.1 Å². The maximum atomic E-state index is 14.2. The molecule has 0 bridgehead atoms. The molecule has 210 valence electrons. The Kier molecular flexibility index (Phi) is 7.23. The summed E-state index contributed by atoms with van der Waals surface area (Å²) < 4.78 is 35.2. The van der Waals surface area contributed by atoms with E-state index in [2.05, 4.69) is 36.3 Å². The van der Waals surface area contributed by atoms with Crippen LogP contribution in [0, 0.1) is 0 Å². The molecule has 5 aromatic rings. The smallest absolute Gasteiger partial charge is 0.296 e. The second kappa shape index (κ2) is 11.1. The molecule has 0 radical (unpaired) electrons. The number of hydrogen-bond acceptors (Lipinski definition) is 9. The fourth-order valence-electron chi connectivity index (χ4n) is 5.03. The molecule has 2 aromatic carbocycles. The van der Waals surface area contributed by atoms with Gasteiger partial charge in [0.1, 0.15) is 6.33 Å². The zero-order valence-electron chi connectivity index (χ0n) is 22.7. The maximum Gasteiger partial charge on any atom is 0.296 e. The van der Waals surface area contributed by atoms with Crippen molar-refractivity contribution in [1.82, 2.24) is 34.5 Å². The lowest BCUT2D eigenvalue weighted by Gasteiger charge is -2.30. The fourth-order valence-corrected chi connectivity index (χ4v) is 5.03. The van der Waals surface area contributed by atoms with Crippen LogP contribution < -0.4 is 10.2 Å². The second-order valence-electron chi connectivity index (χ2n) is 10.4. The number of imidazole rings is 1. The molecular formula is C29H29F2N9O. The van der Waals surface area contributed by atoms with Crippen LogP contribution in [-0.4, -0.2) is 66.3 Å². The van der Waals surface area contributed by atoms with Gasteiger partial charge < -0.3 is 15.0 Å². The minimum atomic E-state index is -2.82. The lowest BCUT2D eigenvalue weighted by molar-refractivity contribution is 0.122. The summed E-state index contributed by atoms with van der Waals surface area (Å²) in [6, 6.07) is 15.0. The van der Waals surface area contributed by atoms with E-state index in [1.54, 1.807) is 36.7 Å². The number of halogens is 2. The highest BCUT2D eigenvalue weighted by atomic mass is 19.3. The van der Waals surface area contributed by atoms with E-state index in [0.717, 1.165) is 16.7 Å². The number of fused-ring (bicyclic) bond motifs is 1. The van der Waals surface area contributed by atoms with E-state index < -0.39 is 17.8 Å². The monoisotopic (exact) mass is 557 g/mol. The van der Waals surface area contributed by atoms with E-state index in [1.807, 2.05) is 36.9 Å². The van der Waals surface area contributed by atoms with E-state index in [4.69, 9.17) is 9.72 Å². The molecule has 41 heavy (non-hydrogen) atoms. The van der Waals surface area contributed by atoms with Crippen LogP contribution in [0.2, 0.25) is 0 Å². The first-order valence-electron chi connectivity index (χ1n) is 13.3. The molecule has 1 aliphatic heterocycles. The highest BCUT2D eigenvalue weighted by Crippen LogP contribution is 2.30. The Morgan fingerprint density at radius 1 is 0.902 bits per heavy atom. The number of rotatable bonds is 8. The predicted octanol–water partition coefficient (Wildman–Crippen LogP) is 4.87. The normalized spacial score (nSPS) is 14.1. The zero-order chi connectivity index (χ0) is 28.4. The third-order valence-corrected chi connectivity index (χ3v) is 6.86. The Morgan fingerprint density at radius 3 is 2.39 bits per heavy atom. The number of morpholine rings is 1. The van der Waals surface area contributed by atoms with E-state index in [1.165, 1.54) is 10.9 Å². The molecule has 0 atom stereocenters. The van der Waals surface area contributed by atoms with Crippen LogP contribution in [-0.2, 0) is 11.2 Å². The molecule has 4 heterocycles. The molecule has 3 aromatic heterocycles. The van der Waals surface area contributed by atoms with Crippen LogP contribution in [0.5, 0.6) is 0 Å². The van der Waals surface area contributed by atoms with Gasteiger partial charge in [0.15, 0.2) is 5.82 Å². The molecule has 0 unspecified atom stereocenters. The third kappa shape index (κ3) is 5.68. The number of ether oxygens (including phenoxy) is 1. The Balaban J connectivity index is 1.40. The maximum absolute atomic E-state index is 14.2. The summed E-state index contributed by atoms with van der Waals surface area (Å²) in [5.74, 6) is 0.316. The highest BCUT2D eigenvalue weighted by Gasteiger charge is 2.27. The molecule has 1 aliphatic rings. The van der Waals surface area contributed by atoms with Gasteiger partial charge in [0, 0.05) is 36.6 Å². The highest BCUT2D eigenvalue weighted by molar-refractivity contribution is 5.77. The van der Waals surface area contributed by atoms with Gasteiger partial charge in [-0.15, -0.1) is 0 Å². The van der Waals surface area contributed by atoms with Crippen LogP contribution >= 0.6 is 0 Å². The quantitative estimate of drug-likeness (QED) is 0.286. The molecule has 1 fully saturated rings. The van der Waals surface area contributed by atoms with Crippen molar-refractivity contribution in [3.63, 3.8) is 0 Å². The first-order valence-corrected chi connectivity index (χ1v) is 13.3. The van der Waals surface area contributed by atoms with E-state index >= 15 is 0 Å². The summed E-state index contributed by atoms with van der Waals surface area (Å²) in [7, 11) is 0. The van der Waals surface area contributed by atoms with Crippen molar-refractivity contribution < 1.29 is 13.5 Å². The number of anilines is 2. The van der Waals surface area contributed by atoms with Crippen LogP contribution in [0.1, 0.15) is 31.7 Å². The van der Waals surface area contributed by atoms with Crippen LogP contribution in [0.3, 0.4) is 0 Å². The van der Waals surface area contributed by atoms with Gasteiger partial charge in [-0.25, -0.2) is 23.7 Å². The molecule has 0 spiro atoms. The number of aromatic nitrogens is 7. The van der Waals surface area contributed by atoms with E-state index in [9.17, 15) is 8.78 Å². The molecular weight excluding hydrogens is 528 g/mol. The van der Waals surface area contributed by atoms with Gasteiger partial charge >= 0.3 is 0 Å². The topological polar surface area (TPSA) is 107 Å². The van der Waals surface area contributed by atoms with E-state index in [-0.39, 0.29) is 11.9 Å². The van der Waals surface area contributed by atoms with Crippen LogP contribution in [0.15, 0.2) is 67.3 Å². The lowest BCUT2D eigenvalue weighted by Crippen LogP contribution is -2.39. The van der Waals surface area contributed by atoms with Gasteiger partial charge in [-0.05, 0) is 43.5 Å². The number of hydrogen-bond donors (Lipinski definition) is 1. The largest absolute Gasteiger partial charge is 0.378 e. The van der Waals surface area contributed by atoms with Gasteiger partial charge in [-0.1, -0.05) is 36.4 Å². The summed E-state index contributed by atoms with van der Waals surface area (Å²) in [6.45, 7) is 6.27. The third-order valence-electron chi connectivity index (χ3n) is 6.86. The summed E-state index contributed by atoms with van der Waals surface area (Å²) in [6.07, 6.45) is 2.87. The number of para-hydroxylation sites is 2. The summed E-state index contributed by atoms with van der Waals surface area (Å²) >= 11 is 0. The number of alkyl halides is 2. The summed E-state index contributed by atoms with van der Waals surface area (Å²) in [5, 5.41) is 3.45. The Labute approximate surface area is 235 Å². The van der Waals surface area contributed by atoms with Crippen molar-refractivity contribution in [2.45, 2.75) is 32.2 Å². The van der Waals surface area contributed by atoms with Gasteiger partial charge in [-0.2, -0.15) is 15.0 Å². The van der Waals surface area contributed by atoms with Gasteiger partial charge in [0.25, 0.3) is 6.43 Å². The minimum absolute atomic E-state index is 0.0747. The molecule has 6 rings (SSSR count). The van der Waals surface area contributed by atoms with Gasteiger partial charge in [-0.3, -0.25) is 4.57 Å². The molecule has 10 nitrogen and oxygen atoms in total. The fraction of sp³-hybridized carbons (Fsp3) is 0.310. The van der Waals surface area contributed by atoms with Gasteiger partial charge in [0.05, 0.1) is 24.2 Å². The summed E-state index contributed by atoms with van der Waals surface area (Å²) in [4.78, 5) is 28.5. The minimum Gasteiger partial charge on any atom is -0.378 e. The molecule has 0 saturated carbocycles. The number of nitrogens with one attached hydrogen (secondary N) is 1. The standard InChI is InChI=1S/C29H29F2N9O/c1-29(2,15-19-7-3-4-8-21(19)20-16-32-18-33-17-20)38-26-35-27(39-11-13-41-14-12-39)37-28(36-26)40-23-10-6-5-9-22(23)34-25(40)24(30)31/h3-10,16-18,24H,11-15H2,1-2H3,(H,35,36,37,38). The average Bonchev–Trinajstić information content (AvgIpc) is 3.38. The first kappa shape index (κ1) is 26.6. The van der Waals surface area contributed by atoms with Gasteiger partial charge in [0.2, 0.25) is 17.8 Å². The lowest BCUT2D eigenvalue weighted by atomic mass is 9.90. The van der Waals surface area contributed by atoms with Crippen molar-refractivity contribution in [3.05, 3.63) is 78.6 Å². The molecule has 0 amide bonds. The number of benzene rings is 2. The SMILES string of the molecule is CC(C)(Cc1ccccc1-c1cncnc1)Nc1nc(N2CCOCC2)nc(-n2c(C(F)F)nc3ccccc32)n1. The van der Waals surface area contributed by atoms with Crippen LogP contribution in [0.4, 0.5) is 20.7 Å². The second-order valence-corrected chi connectivity index (χ2v) is 10.4. The van der Waals surface area contributed by atoms with Crippen molar-refractivity contribution in [1.29, 1.82) is 0 Å². The van der Waals surface area contributed by atoms with Crippen molar-refractivity contribution >= 4 is 22.9 Å². The Hall–Kier alpha value is -4.58. The predicted molar refractivity (Wildman–Crippen MR) is 151 cm³/mol. The van der Waals surface area contributed by atoms with E-state index in [0.29, 0.717) is 49.7 Å². The molecule has 1 saturated heterocycles. The Bertz CT molecular complexity index is 1650. The first-order chi connectivity index (χ1) is 19.9. The molecule has 1 N–H and O–H groups in total. The number of nitrogens with zero attached hydrogens (tertiary/aromatic N) is 8. The molecule has 12 heteroatoms. The average molecular weight is 558 g/mol.